The SMILES string of the molecule is [B]C1(C(C)C)CCCCC2C(CCC(=O)N2C(C)C)CC1. The lowest BCUT2D eigenvalue weighted by molar-refractivity contribution is -0.141. The third kappa shape index (κ3) is 3.66. The van der Waals surface area contributed by atoms with Crippen LogP contribution in [0.5, 0.6) is 0 Å². The minimum Gasteiger partial charge on any atom is -0.337 e. The highest BCUT2D eigenvalue weighted by Crippen LogP contribution is 2.46. The summed E-state index contributed by atoms with van der Waals surface area (Å²) in [7, 11) is 6.70. The van der Waals surface area contributed by atoms with E-state index in [-0.39, 0.29) is 5.31 Å². The van der Waals surface area contributed by atoms with Crippen molar-refractivity contribution >= 4 is 13.8 Å². The van der Waals surface area contributed by atoms with E-state index in [0.29, 0.717) is 29.8 Å². The normalized spacial score (nSPS) is 35.3. The maximum absolute atomic E-state index is 12.3. The van der Waals surface area contributed by atoms with Crippen LogP contribution in [0, 0.1) is 11.8 Å². The Morgan fingerprint density at radius 2 is 1.81 bits per heavy atom. The van der Waals surface area contributed by atoms with Crippen molar-refractivity contribution in [2.45, 2.75) is 96.5 Å². The molecule has 0 spiro atoms. The molecule has 2 aliphatic rings. The van der Waals surface area contributed by atoms with Crippen molar-refractivity contribution in [2.75, 3.05) is 0 Å². The van der Waals surface area contributed by atoms with Crippen molar-refractivity contribution in [2.24, 2.45) is 11.8 Å². The zero-order valence-electron chi connectivity index (χ0n) is 14.4. The Balaban J connectivity index is 2.15. The van der Waals surface area contributed by atoms with Gasteiger partial charge in [-0.15, -0.1) is 0 Å². The minimum atomic E-state index is -0.000985. The molecule has 1 saturated heterocycles. The van der Waals surface area contributed by atoms with Crippen molar-refractivity contribution in [3.8, 4) is 0 Å². The van der Waals surface area contributed by atoms with Gasteiger partial charge in [-0.1, -0.05) is 44.8 Å². The average molecular weight is 289 g/mol. The van der Waals surface area contributed by atoms with E-state index < -0.39 is 0 Å². The van der Waals surface area contributed by atoms with Crippen LogP contribution < -0.4 is 0 Å². The van der Waals surface area contributed by atoms with Gasteiger partial charge >= 0.3 is 0 Å². The molecule has 1 amide bonds. The first kappa shape index (κ1) is 16.9. The van der Waals surface area contributed by atoms with Crippen molar-refractivity contribution < 1.29 is 4.79 Å². The van der Waals surface area contributed by atoms with Gasteiger partial charge < -0.3 is 4.90 Å². The topological polar surface area (TPSA) is 20.3 Å². The standard InChI is InChI=1S/C18H32BNO/c1-13(2)18(19)11-6-5-7-16-15(10-12-18)8-9-17(21)20(16)14(3)4/h13-16H,5-12H2,1-4H3. The lowest BCUT2D eigenvalue weighted by Crippen LogP contribution is -2.51. The Labute approximate surface area is 132 Å². The molecule has 0 aromatic carbocycles. The summed E-state index contributed by atoms with van der Waals surface area (Å²) in [5.74, 6) is 1.57. The highest BCUT2D eigenvalue weighted by atomic mass is 16.2. The van der Waals surface area contributed by atoms with Crippen molar-refractivity contribution in [3.05, 3.63) is 0 Å². The highest BCUT2D eigenvalue weighted by molar-refractivity contribution is 6.15. The first-order chi connectivity index (χ1) is 9.85. The summed E-state index contributed by atoms with van der Waals surface area (Å²) in [5, 5.41) is -0.000985. The predicted molar refractivity (Wildman–Crippen MR) is 89.5 cm³/mol. The van der Waals surface area contributed by atoms with Crippen LogP contribution in [0.25, 0.3) is 0 Å². The first-order valence-electron chi connectivity index (χ1n) is 8.95. The van der Waals surface area contributed by atoms with E-state index in [1.165, 1.54) is 25.7 Å². The third-order valence-corrected chi connectivity index (χ3v) is 6.00. The minimum absolute atomic E-state index is 0.000985. The summed E-state index contributed by atoms with van der Waals surface area (Å²) in [4.78, 5) is 14.5. The summed E-state index contributed by atoms with van der Waals surface area (Å²) in [6.45, 7) is 8.85. The van der Waals surface area contributed by atoms with Gasteiger partial charge in [0.15, 0.2) is 0 Å². The first-order valence-corrected chi connectivity index (χ1v) is 8.95. The van der Waals surface area contributed by atoms with Crippen LogP contribution in [-0.4, -0.2) is 30.7 Å². The summed E-state index contributed by atoms with van der Waals surface area (Å²) in [5.41, 5.74) is 0. The molecule has 3 unspecified atom stereocenters. The molecule has 1 saturated carbocycles. The maximum atomic E-state index is 12.3. The fourth-order valence-electron chi connectivity index (χ4n) is 4.39. The van der Waals surface area contributed by atoms with Crippen molar-refractivity contribution in [3.63, 3.8) is 0 Å². The van der Waals surface area contributed by atoms with Gasteiger partial charge in [0.25, 0.3) is 0 Å². The van der Waals surface area contributed by atoms with Crippen LogP contribution in [0.15, 0.2) is 0 Å². The Kier molecular flexibility index (Phi) is 5.43. The molecule has 0 N–H and O–H groups in total. The van der Waals surface area contributed by atoms with E-state index in [2.05, 4.69) is 32.6 Å². The largest absolute Gasteiger partial charge is 0.337 e. The Morgan fingerprint density at radius 1 is 1.10 bits per heavy atom. The van der Waals surface area contributed by atoms with Gasteiger partial charge in [0.1, 0.15) is 0 Å². The Bertz CT molecular complexity index is 368. The van der Waals surface area contributed by atoms with E-state index in [0.717, 1.165) is 25.7 Å². The third-order valence-electron chi connectivity index (χ3n) is 6.00. The molecular formula is C18H32BNO. The monoisotopic (exact) mass is 289 g/mol. The lowest BCUT2D eigenvalue weighted by Gasteiger charge is -2.44. The zero-order valence-corrected chi connectivity index (χ0v) is 14.4. The van der Waals surface area contributed by atoms with Crippen molar-refractivity contribution in [1.82, 2.24) is 4.90 Å². The number of piperidine rings is 1. The molecule has 21 heavy (non-hydrogen) atoms. The molecule has 1 aliphatic carbocycles. The van der Waals surface area contributed by atoms with E-state index in [4.69, 9.17) is 7.85 Å². The molecule has 1 aliphatic heterocycles. The summed E-state index contributed by atoms with van der Waals surface area (Å²) in [6.07, 6.45) is 8.84. The molecule has 3 heteroatoms. The molecule has 1 heterocycles. The van der Waals surface area contributed by atoms with Crippen LogP contribution in [0.2, 0.25) is 5.31 Å². The lowest BCUT2D eigenvalue weighted by atomic mass is 9.56. The fourth-order valence-corrected chi connectivity index (χ4v) is 4.39. The number of hydrogen-bond donors (Lipinski definition) is 0. The molecule has 0 aromatic rings. The number of fused-ring (bicyclic) bond motifs is 1. The number of carbonyl (C=O) groups is 1. The van der Waals surface area contributed by atoms with Crippen LogP contribution in [0.4, 0.5) is 0 Å². The predicted octanol–water partition coefficient (Wildman–Crippen LogP) is 4.34. The van der Waals surface area contributed by atoms with E-state index >= 15 is 0 Å². The molecule has 118 valence electrons. The zero-order chi connectivity index (χ0) is 15.6. The van der Waals surface area contributed by atoms with Gasteiger partial charge in [0.05, 0.1) is 7.85 Å². The number of nitrogens with zero attached hydrogens (tertiary/aromatic N) is 1. The molecule has 0 bridgehead atoms. The number of rotatable bonds is 2. The fraction of sp³-hybridized carbons (Fsp3) is 0.944. The van der Waals surface area contributed by atoms with Gasteiger partial charge in [-0.3, -0.25) is 4.79 Å². The number of hydrogen-bond acceptors (Lipinski definition) is 1. The Hall–Kier alpha value is -0.465. The summed E-state index contributed by atoms with van der Waals surface area (Å²) < 4.78 is 0. The van der Waals surface area contributed by atoms with Gasteiger partial charge in [-0.25, -0.2) is 0 Å². The van der Waals surface area contributed by atoms with Crippen LogP contribution in [-0.2, 0) is 4.79 Å². The molecule has 3 atom stereocenters. The van der Waals surface area contributed by atoms with E-state index in [1.54, 1.807) is 0 Å². The van der Waals surface area contributed by atoms with Gasteiger partial charge in [-0.2, -0.15) is 0 Å². The van der Waals surface area contributed by atoms with Crippen LogP contribution in [0.1, 0.15) is 79.1 Å². The molecule has 2 radical (unpaired) electrons. The molecule has 2 nitrogen and oxygen atoms in total. The van der Waals surface area contributed by atoms with Gasteiger partial charge in [-0.05, 0) is 44.9 Å². The molecular weight excluding hydrogens is 257 g/mol. The summed E-state index contributed by atoms with van der Waals surface area (Å²) in [6, 6.07) is 0.791. The smallest absolute Gasteiger partial charge is 0.223 e. The second-order valence-corrected chi connectivity index (χ2v) is 7.93. The molecule has 0 aromatic heterocycles. The summed E-state index contributed by atoms with van der Waals surface area (Å²) >= 11 is 0. The van der Waals surface area contributed by atoms with E-state index in [1.807, 2.05) is 0 Å². The van der Waals surface area contributed by atoms with E-state index in [9.17, 15) is 4.79 Å². The van der Waals surface area contributed by atoms with Gasteiger partial charge in [0, 0.05) is 18.5 Å². The Morgan fingerprint density at radius 3 is 2.43 bits per heavy atom. The van der Waals surface area contributed by atoms with Crippen molar-refractivity contribution in [1.29, 1.82) is 0 Å². The number of amides is 1. The van der Waals surface area contributed by atoms with Gasteiger partial charge in [0.2, 0.25) is 5.91 Å². The second-order valence-electron chi connectivity index (χ2n) is 7.93. The second kappa shape index (κ2) is 6.75. The quantitative estimate of drug-likeness (QED) is 0.692. The maximum Gasteiger partial charge on any atom is 0.223 e. The van der Waals surface area contributed by atoms with Crippen LogP contribution in [0.3, 0.4) is 0 Å². The molecule has 2 fully saturated rings. The average Bonchev–Trinajstić information content (AvgIpc) is 2.49. The highest BCUT2D eigenvalue weighted by Gasteiger charge is 2.39. The number of carbonyl (C=O) groups excluding carboxylic acids is 1. The van der Waals surface area contributed by atoms with Crippen LogP contribution >= 0.6 is 0 Å². The number of likely N-dealkylation sites (tertiary alicyclic amines) is 1. The molecule has 2 rings (SSSR count).